The molecule has 1 atom stereocenters. The number of thioether (sulfide) groups is 1. The highest BCUT2D eigenvalue weighted by molar-refractivity contribution is 7.99. The molecule has 0 saturated heterocycles. The fourth-order valence-electron chi connectivity index (χ4n) is 1.88. The maximum absolute atomic E-state index is 6.29. The van der Waals surface area contributed by atoms with Crippen LogP contribution in [0.5, 0.6) is 0 Å². The van der Waals surface area contributed by atoms with Gasteiger partial charge in [0, 0.05) is 12.3 Å². The highest BCUT2D eigenvalue weighted by Crippen LogP contribution is 2.27. The molecular formula is C13H24ClN3S. The van der Waals surface area contributed by atoms with E-state index >= 15 is 0 Å². The molecular weight excluding hydrogens is 266 g/mol. The van der Waals surface area contributed by atoms with Crippen molar-refractivity contribution in [1.82, 2.24) is 15.1 Å². The zero-order valence-electron chi connectivity index (χ0n) is 11.7. The van der Waals surface area contributed by atoms with Crippen LogP contribution in [0.1, 0.15) is 45.9 Å². The Morgan fingerprint density at radius 1 is 1.44 bits per heavy atom. The third kappa shape index (κ3) is 4.48. The van der Waals surface area contributed by atoms with Gasteiger partial charge in [0.25, 0.3) is 0 Å². The van der Waals surface area contributed by atoms with Gasteiger partial charge in [0.1, 0.15) is 0 Å². The Morgan fingerprint density at radius 3 is 2.72 bits per heavy atom. The normalized spacial score (nSPS) is 13.2. The molecule has 0 bridgehead atoms. The third-order valence-corrected chi connectivity index (χ3v) is 4.13. The summed E-state index contributed by atoms with van der Waals surface area (Å²) in [7, 11) is 0. The Hall–Kier alpha value is -0.190. The van der Waals surface area contributed by atoms with Gasteiger partial charge in [0.2, 0.25) is 0 Å². The quantitative estimate of drug-likeness (QED) is 0.791. The smallest absolute Gasteiger partial charge is 0.0834 e. The van der Waals surface area contributed by atoms with Gasteiger partial charge in [0.05, 0.1) is 23.0 Å². The van der Waals surface area contributed by atoms with Crippen LogP contribution >= 0.6 is 23.4 Å². The molecule has 0 aliphatic rings. The maximum atomic E-state index is 6.29. The largest absolute Gasteiger partial charge is 0.308 e. The van der Waals surface area contributed by atoms with Gasteiger partial charge < -0.3 is 5.32 Å². The Balaban J connectivity index is 2.85. The summed E-state index contributed by atoms with van der Waals surface area (Å²) in [5.74, 6) is 1.03. The van der Waals surface area contributed by atoms with Crippen molar-refractivity contribution in [2.75, 3.05) is 12.3 Å². The molecule has 0 aliphatic carbocycles. The molecule has 104 valence electrons. The van der Waals surface area contributed by atoms with Gasteiger partial charge in [-0.2, -0.15) is 16.9 Å². The zero-order valence-corrected chi connectivity index (χ0v) is 13.3. The minimum atomic E-state index is 0.281. The number of hydrogen-bond acceptors (Lipinski definition) is 3. The van der Waals surface area contributed by atoms with Crippen molar-refractivity contribution in [2.24, 2.45) is 0 Å². The summed E-state index contributed by atoms with van der Waals surface area (Å²) in [5.41, 5.74) is 1.13. The molecule has 0 spiro atoms. The van der Waals surface area contributed by atoms with E-state index in [1.807, 2.05) is 16.4 Å². The van der Waals surface area contributed by atoms with Crippen LogP contribution in [0.2, 0.25) is 5.02 Å². The minimum absolute atomic E-state index is 0.281. The number of nitrogens with zero attached hydrogens (tertiary/aromatic N) is 2. The average molecular weight is 290 g/mol. The summed E-state index contributed by atoms with van der Waals surface area (Å²) in [5, 5.41) is 9.29. The van der Waals surface area contributed by atoms with Crippen LogP contribution < -0.4 is 5.32 Å². The summed E-state index contributed by atoms with van der Waals surface area (Å²) in [4.78, 5) is 0. The van der Waals surface area contributed by atoms with E-state index in [9.17, 15) is 0 Å². The van der Waals surface area contributed by atoms with E-state index in [1.54, 1.807) is 6.20 Å². The standard InChI is InChI=1S/C13H24ClN3S/c1-5-7-17-13(11(14)8-16-17)12(15-6-2)9-18-10(3)4/h8,10,12,15H,5-7,9H2,1-4H3. The van der Waals surface area contributed by atoms with Crippen LogP contribution in [0, 0.1) is 0 Å². The lowest BCUT2D eigenvalue weighted by Crippen LogP contribution is -2.26. The van der Waals surface area contributed by atoms with E-state index < -0.39 is 0 Å². The summed E-state index contributed by atoms with van der Waals surface area (Å²) < 4.78 is 2.04. The van der Waals surface area contributed by atoms with Crippen LogP contribution in [-0.4, -0.2) is 27.3 Å². The Morgan fingerprint density at radius 2 is 2.17 bits per heavy atom. The molecule has 0 fully saturated rings. The topological polar surface area (TPSA) is 29.9 Å². The predicted octanol–water partition coefficient (Wildman–Crippen LogP) is 3.74. The molecule has 1 N–H and O–H groups in total. The van der Waals surface area contributed by atoms with Crippen molar-refractivity contribution >= 4 is 23.4 Å². The van der Waals surface area contributed by atoms with Crippen LogP contribution in [0.25, 0.3) is 0 Å². The third-order valence-electron chi connectivity index (χ3n) is 2.65. The fraction of sp³-hybridized carbons (Fsp3) is 0.769. The number of aromatic nitrogens is 2. The van der Waals surface area contributed by atoms with E-state index in [0.29, 0.717) is 5.25 Å². The SMILES string of the molecule is CCCn1ncc(Cl)c1C(CSC(C)C)NCC. The Kier molecular flexibility index (Phi) is 7.12. The van der Waals surface area contributed by atoms with Gasteiger partial charge in [-0.25, -0.2) is 0 Å². The number of nitrogens with one attached hydrogen (secondary N) is 1. The fourth-order valence-corrected chi connectivity index (χ4v) is 3.00. The molecule has 0 amide bonds. The highest BCUT2D eigenvalue weighted by atomic mass is 35.5. The maximum Gasteiger partial charge on any atom is 0.0834 e. The first-order valence-corrected chi connectivity index (χ1v) is 8.08. The summed E-state index contributed by atoms with van der Waals surface area (Å²) in [6.45, 7) is 10.6. The average Bonchev–Trinajstić information content (AvgIpc) is 2.67. The molecule has 0 radical (unpaired) electrons. The Bertz CT molecular complexity index is 352. The molecule has 5 heteroatoms. The first kappa shape index (κ1) is 15.9. The second kappa shape index (κ2) is 8.08. The molecule has 1 aromatic heterocycles. The van der Waals surface area contributed by atoms with Crippen LogP contribution in [0.15, 0.2) is 6.20 Å². The van der Waals surface area contributed by atoms with Crippen molar-refractivity contribution in [3.05, 3.63) is 16.9 Å². The van der Waals surface area contributed by atoms with Crippen molar-refractivity contribution in [3.8, 4) is 0 Å². The first-order chi connectivity index (χ1) is 8.60. The van der Waals surface area contributed by atoms with Crippen LogP contribution in [0.3, 0.4) is 0 Å². The second-order valence-electron chi connectivity index (χ2n) is 4.59. The number of halogens is 1. The van der Waals surface area contributed by atoms with Gasteiger partial charge in [-0.05, 0) is 18.2 Å². The van der Waals surface area contributed by atoms with E-state index in [1.165, 1.54) is 0 Å². The van der Waals surface area contributed by atoms with Gasteiger partial charge in [-0.15, -0.1) is 0 Å². The van der Waals surface area contributed by atoms with Crippen LogP contribution in [-0.2, 0) is 6.54 Å². The van der Waals surface area contributed by atoms with E-state index in [-0.39, 0.29) is 6.04 Å². The lowest BCUT2D eigenvalue weighted by atomic mass is 10.2. The Labute approximate surface area is 120 Å². The summed E-state index contributed by atoms with van der Waals surface area (Å²) >= 11 is 8.24. The number of aryl methyl sites for hydroxylation is 1. The first-order valence-electron chi connectivity index (χ1n) is 6.66. The van der Waals surface area contributed by atoms with Gasteiger partial charge in [-0.3, -0.25) is 4.68 Å². The van der Waals surface area contributed by atoms with Gasteiger partial charge in [0.15, 0.2) is 0 Å². The van der Waals surface area contributed by atoms with E-state index in [4.69, 9.17) is 11.6 Å². The molecule has 1 rings (SSSR count). The van der Waals surface area contributed by atoms with Crippen molar-refractivity contribution in [2.45, 2.75) is 52.0 Å². The van der Waals surface area contributed by atoms with Crippen molar-refractivity contribution < 1.29 is 0 Å². The molecule has 0 saturated carbocycles. The van der Waals surface area contributed by atoms with Crippen molar-refractivity contribution in [3.63, 3.8) is 0 Å². The second-order valence-corrected chi connectivity index (χ2v) is 6.61. The molecule has 1 heterocycles. The molecule has 3 nitrogen and oxygen atoms in total. The molecule has 1 aromatic rings. The van der Waals surface area contributed by atoms with E-state index in [0.717, 1.165) is 36.0 Å². The van der Waals surface area contributed by atoms with Gasteiger partial charge in [-0.1, -0.05) is 39.3 Å². The minimum Gasteiger partial charge on any atom is -0.308 e. The molecule has 0 aliphatic heterocycles. The molecule has 0 aromatic carbocycles. The monoisotopic (exact) mass is 289 g/mol. The van der Waals surface area contributed by atoms with E-state index in [2.05, 4.69) is 38.1 Å². The summed E-state index contributed by atoms with van der Waals surface area (Å²) in [6, 6.07) is 0.281. The number of rotatable bonds is 8. The highest BCUT2D eigenvalue weighted by Gasteiger charge is 2.19. The zero-order chi connectivity index (χ0) is 13.5. The lowest BCUT2D eigenvalue weighted by molar-refractivity contribution is 0.508. The van der Waals surface area contributed by atoms with Crippen molar-refractivity contribution in [1.29, 1.82) is 0 Å². The number of hydrogen-bond donors (Lipinski definition) is 1. The molecule has 18 heavy (non-hydrogen) atoms. The predicted molar refractivity (Wildman–Crippen MR) is 81.5 cm³/mol. The van der Waals surface area contributed by atoms with Gasteiger partial charge >= 0.3 is 0 Å². The lowest BCUT2D eigenvalue weighted by Gasteiger charge is -2.20. The molecule has 1 unspecified atom stereocenters. The summed E-state index contributed by atoms with van der Waals surface area (Å²) in [6.07, 6.45) is 2.83. The van der Waals surface area contributed by atoms with Crippen LogP contribution in [0.4, 0.5) is 0 Å².